The van der Waals surface area contributed by atoms with Gasteiger partial charge in [-0.2, -0.15) is 5.10 Å². The number of carbonyl (C=O) groups is 1. The molecule has 5 heteroatoms. The van der Waals surface area contributed by atoms with E-state index in [1.54, 1.807) is 6.20 Å². The van der Waals surface area contributed by atoms with Crippen molar-refractivity contribution in [3.63, 3.8) is 0 Å². The molecule has 0 aromatic carbocycles. The zero-order valence-corrected chi connectivity index (χ0v) is 11.9. The number of hydrogen-bond acceptors (Lipinski definition) is 3. The van der Waals surface area contributed by atoms with Crippen molar-refractivity contribution < 1.29 is 4.79 Å². The summed E-state index contributed by atoms with van der Waals surface area (Å²) >= 11 is 0. The Morgan fingerprint density at radius 2 is 2.30 bits per heavy atom. The lowest BCUT2D eigenvalue weighted by Gasteiger charge is -2.13. The summed E-state index contributed by atoms with van der Waals surface area (Å²) in [7, 11) is 0. The van der Waals surface area contributed by atoms with Crippen molar-refractivity contribution in [2.24, 2.45) is 0 Å². The van der Waals surface area contributed by atoms with Crippen molar-refractivity contribution in [3.05, 3.63) is 47.5 Å². The summed E-state index contributed by atoms with van der Waals surface area (Å²) < 4.78 is 0. The number of nitrogens with one attached hydrogen (secondary N) is 2. The van der Waals surface area contributed by atoms with Crippen LogP contribution in [0.3, 0.4) is 0 Å². The second-order valence-corrected chi connectivity index (χ2v) is 5.05. The zero-order chi connectivity index (χ0) is 14.4. The lowest BCUT2D eigenvalue weighted by Crippen LogP contribution is -2.34. The molecule has 106 valence electrons. The summed E-state index contributed by atoms with van der Waals surface area (Å²) in [6, 6.07) is 6.03. The van der Waals surface area contributed by atoms with E-state index in [0.29, 0.717) is 12.8 Å². The maximum absolute atomic E-state index is 11.8. The number of aryl methyl sites for hydroxylation is 2. The maximum Gasteiger partial charge on any atom is 0.220 e. The molecule has 0 radical (unpaired) electrons. The number of carbonyl (C=O) groups excluding carboxylic acids is 1. The molecule has 1 amide bonds. The largest absolute Gasteiger partial charge is 0.353 e. The predicted molar refractivity (Wildman–Crippen MR) is 77.2 cm³/mol. The van der Waals surface area contributed by atoms with Gasteiger partial charge in [0.25, 0.3) is 0 Å². The normalized spacial score (nSPS) is 12.1. The molecular weight excluding hydrogens is 252 g/mol. The van der Waals surface area contributed by atoms with Crippen LogP contribution in [-0.4, -0.2) is 27.1 Å². The van der Waals surface area contributed by atoms with E-state index in [2.05, 4.69) is 20.5 Å². The van der Waals surface area contributed by atoms with Gasteiger partial charge >= 0.3 is 0 Å². The van der Waals surface area contributed by atoms with E-state index in [0.717, 1.165) is 23.4 Å². The fraction of sp³-hybridized carbons (Fsp3) is 0.400. The highest BCUT2D eigenvalue weighted by Gasteiger charge is 2.09. The molecule has 2 rings (SSSR count). The second-order valence-electron chi connectivity index (χ2n) is 5.05. The Kier molecular flexibility index (Phi) is 4.87. The van der Waals surface area contributed by atoms with Gasteiger partial charge in [0.15, 0.2) is 0 Å². The molecule has 0 saturated heterocycles. The molecule has 0 unspecified atom stereocenters. The minimum Gasteiger partial charge on any atom is -0.353 e. The van der Waals surface area contributed by atoms with Crippen molar-refractivity contribution in [1.29, 1.82) is 0 Å². The third-order valence-corrected chi connectivity index (χ3v) is 3.06. The highest BCUT2D eigenvalue weighted by molar-refractivity contribution is 5.76. The summed E-state index contributed by atoms with van der Waals surface area (Å²) in [5.41, 5.74) is 3.06. The first-order valence-electron chi connectivity index (χ1n) is 6.83. The van der Waals surface area contributed by atoms with Gasteiger partial charge in [-0.25, -0.2) is 0 Å². The minimum absolute atomic E-state index is 0.0614. The van der Waals surface area contributed by atoms with Crippen molar-refractivity contribution in [2.75, 3.05) is 0 Å². The first-order chi connectivity index (χ1) is 9.63. The standard InChI is InChI=1S/C15H20N4O/c1-11-4-3-5-14(18-11)8-12(2)19-15(20)7-6-13-9-16-17-10-13/h3-5,9-10,12H,6-8H2,1-2H3,(H,16,17)(H,19,20)/t12-/m1/s1. The zero-order valence-electron chi connectivity index (χ0n) is 11.9. The summed E-state index contributed by atoms with van der Waals surface area (Å²) in [5, 5.41) is 9.60. The average Bonchev–Trinajstić information content (AvgIpc) is 2.89. The quantitative estimate of drug-likeness (QED) is 0.842. The van der Waals surface area contributed by atoms with Crippen LogP contribution in [0.1, 0.15) is 30.3 Å². The summed E-state index contributed by atoms with van der Waals surface area (Å²) in [5.74, 6) is 0.0614. The Labute approximate surface area is 118 Å². The monoisotopic (exact) mass is 272 g/mol. The number of hydrogen-bond donors (Lipinski definition) is 2. The fourth-order valence-electron chi connectivity index (χ4n) is 2.10. The number of aromatic nitrogens is 3. The predicted octanol–water partition coefficient (Wildman–Crippen LogP) is 1.79. The van der Waals surface area contributed by atoms with Crippen molar-refractivity contribution in [2.45, 2.75) is 39.2 Å². The minimum atomic E-state index is 0.0614. The summed E-state index contributed by atoms with van der Waals surface area (Å²) in [4.78, 5) is 16.3. The van der Waals surface area contributed by atoms with E-state index in [1.807, 2.05) is 38.2 Å². The van der Waals surface area contributed by atoms with Crippen LogP contribution in [0.15, 0.2) is 30.6 Å². The number of amides is 1. The van der Waals surface area contributed by atoms with Gasteiger partial charge in [0.1, 0.15) is 0 Å². The van der Waals surface area contributed by atoms with Crippen LogP contribution in [-0.2, 0) is 17.6 Å². The Balaban J connectivity index is 1.76. The topological polar surface area (TPSA) is 70.7 Å². The van der Waals surface area contributed by atoms with E-state index >= 15 is 0 Å². The molecule has 20 heavy (non-hydrogen) atoms. The van der Waals surface area contributed by atoms with Crippen molar-refractivity contribution in [1.82, 2.24) is 20.5 Å². The molecule has 0 spiro atoms. The van der Waals surface area contributed by atoms with Crippen LogP contribution in [0, 0.1) is 6.92 Å². The van der Waals surface area contributed by atoms with Gasteiger partial charge in [0.05, 0.1) is 6.20 Å². The Hall–Kier alpha value is -2.17. The first-order valence-corrected chi connectivity index (χ1v) is 6.83. The Bertz CT molecular complexity index is 551. The molecule has 0 aliphatic carbocycles. The van der Waals surface area contributed by atoms with Gasteiger partial charge in [-0.3, -0.25) is 14.9 Å². The molecule has 0 aliphatic rings. The molecule has 2 heterocycles. The summed E-state index contributed by atoms with van der Waals surface area (Å²) in [6.45, 7) is 3.97. The van der Waals surface area contributed by atoms with Gasteiger partial charge in [-0.05, 0) is 38.0 Å². The van der Waals surface area contributed by atoms with Crippen LogP contribution < -0.4 is 5.32 Å². The number of nitrogens with zero attached hydrogens (tertiary/aromatic N) is 2. The third-order valence-electron chi connectivity index (χ3n) is 3.06. The third kappa shape index (κ3) is 4.50. The SMILES string of the molecule is Cc1cccc(C[C@@H](C)NC(=O)CCc2cn[nH]c2)n1. The number of pyridine rings is 1. The van der Waals surface area contributed by atoms with E-state index in [-0.39, 0.29) is 11.9 Å². The van der Waals surface area contributed by atoms with Gasteiger partial charge in [-0.1, -0.05) is 6.07 Å². The molecule has 0 bridgehead atoms. The van der Waals surface area contributed by atoms with Gasteiger partial charge in [0.2, 0.25) is 5.91 Å². The number of H-pyrrole nitrogens is 1. The smallest absolute Gasteiger partial charge is 0.220 e. The second kappa shape index (κ2) is 6.84. The molecule has 2 aromatic rings. The van der Waals surface area contributed by atoms with Crippen molar-refractivity contribution >= 4 is 5.91 Å². The number of rotatable bonds is 6. The van der Waals surface area contributed by atoms with Gasteiger partial charge in [0, 0.05) is 36.5 Å². The Morgan fingerprint density at radius 1 is 1.45 bits per heavy atom. The van der Waals surface area contributed by atoms with Crippen LogP contribution >= 0.6 is 0 Å². The highest BCUT2D eigenvalue weighted by atomic mass is 16.1. The lowest BCUT2D eigenvalue weighted by molar-refractivity contribution is -0.121. The van der Waals surface area contributed by atoms with Crippen LogP contribution in [0.4, 0.5) is 0 Å². The van der Waals surface area contributed by atoms with E-state index < -0.39 is 0 Å². The van der Waals surface area contributed by atoms with E-state index in [4.69, 9.17) is 0 Å². The van der Waals surface area contributed by atoms with Gasteiger partial charge in [-0.15, -0.1) is 0 Å². The molecule has 5 nitrogen and oxygen atoms in total. The highest BCUT2D eigenvalue weighted by Crippen LogP contribution is 2.03. The average molecular weight is 272 g/mol. The molecule has 0 aliphatic heterocycles. The van der Waals surface area contributed by atoms with Crippen molar-refractivity contribution in [3.8, 4) is 0 Å². The van der Waals surface area contributed by atoms with Crippen LogP contribution in [0.5, 0.6) is 0 Å². The molecule has 2 N–H and O–H groups in total. The van der Waals surface area contributed by atoms with Crippen LogP contribution in [0.25, 0.3) is 0 Å². The molecule has 2 aromatic heterocycles. The summed E-state index contributed by atoms with van der Waals surface area (Å²) in [6.07, 6.45) is 5.49. The maximum atomic E-state index is 11.8. The van der Waals surface area contributed by atoms with E-state index in [1.165, 1.54) is 0 Å². The van der Waals surface area contributed by atoms with Crippen LogP contribution in [0.2, 0.25) is 0 Å². The lowest BCUT2D eigenvalue weighted by atomic mass is 10.1. The molecule has 1 atom stereocenters. The first kappa shape index (κ1) is 14.2. The van der Waals surface area contributed by atoms with Gasteiger partial charge < -0.3 is 5.32 Å². The molecule has 0 saturated carbocycles. The molecule has 0 fully saturated rings. The fourth-order valence-corrected chi connectivity index (χ4v) is 2.10. The number of aromatic amines is 1. The molecular formula is C15H20N4O. The van der Waals surface area contributed by atoms with E-state index in [9.17, 15) is 4.79 Å². The Morgan fingerprint density at radius 3 is 3.00 bits per heavy atom.